The van der Waals surface area contributed by atoms with Gasteiger partial charge in [-0.25, -0.2) is 0 Å². The highest BCUT2D eigenvalue weighted by atomic mass is 35.5. The summed E-state index contributed by atoms with van der Waals surface area (Å²) >= 11 is 12.1. The van der Waals surface area contributed by atoms with Crippen LogP contribution in [0.3, 0.4) is 0 Å². The Morgan fingerprint density at radius 3 is 2.38 bits per heavy atom. The molecule has 2 aliphatic heterocycles. The zero-order valence-electron chi connectivity index (χ0n) is 12.1. The molecule has 1 aliphatic carbocycles. The predicted molar refractivity (Wildman–Crippen MR) is 88.5 cm³/mol. The van der Waals surface area contributed by atoms with Gasteiger partial charge in [-0.1, -0.05) is 23.2 Å². The fourth-order valence-corrected chi connectivity index (χ4v) is 4.28. The van der Waals surface area contributed by atoms with Gasteiger partial charge in [-0.05, 0) is 49.0 Å². The molecule has 114 valence electrons. The second-order valence-corrected chi connectivity index (χ2v) is 7.35. The van der Waals surface area contributed by atoms with Crippen LogP contribution in [0.5, 0.6) is 0 Å². The average Bonchev–Trinajstić information content (AvgIpc) is 2.94. The smallest absolute Gasteiger partial charge is 0.0612 e. The summed E-state index contributed by atoms with van der Waals surface area (Å²) in [5.74, 6) is 2.90. The van der Waals surface area contributed by atoms with E-state index in [1.54, 1.807) is 0 Å². The number of hydrogen-bond donors (Lipinski definition) is 1. The molecule has 5 heteroatoms. The second-order valence-electron chi connectivity index (χ2n) is 6.54. The van der Waals surface area contributed by atoms with Crippen molar-refractivity contribution in [1.82, 2.24) is 10.2 Å². The number of rotatable bonds is 3. The molecular weight excluding hydrogens is 305 g/mol. The average molecular weight is 326 g/mol. The number of nitrogens with one attached hydrogen (secondary N) is 1. The van der Waals surface area contributed by atoms with E-state index in [0.717, 1.165) is 43.9 Å². The molecule has 0 amide bonds. The fourth-order valence-electron chi connectivity index (χ4n) is 3.99. The standard InChI is InChI=1S/C16H21Cl2N3/c17-15-2-1-11(7-16(15)18)21-5-3-20(4-6-21)10-14-12-8-19-9-13(12)14/h1-2,7,12-14,19H,3-6,8-10H2/t12-,13+,14?. The van der Waals surface area contributed by atoms with Gasteiger partial charge in [0.2, 0.25) is 0 Å². The Balaban J connectivity index is 1.31. The summed E-state index contributed by atoms with van der Waals surface area (Å²) in [6.45, 7) is 8.27. The molecule has 0 radical (unpaired) electrons. The van der Waals surface area contributed by atoms with E-state index in [4.69, 9.17) is 23.2 Å². The lowest BCUT2D eigenvalue weighted by Gasteiger charge is -2.36. The van der Waals surface area contributed by atoms with Gasteiger partial charge in [0.25, 0.3) is 0 Å². The monoisotopic (exact) mass is 325 g/mol. The van der Waals surface area contributed by atoms with Crippen LogP contribution in [-0.4, -0.2) is 50.7 Å². The van der Waals surface area contributed by atoms with E-state index in [9.17, 15) is 0 Å². The molecule has 3 atom stereocenters. The molecule has 1 unspecified atom stereocenters. The Bertz CT molecular complexity index is 518. The van der Waals surface area contributed by atoms with Gasteiger partial charge in [-0.3, -0.25) is 4.90 Å². The number of piperazine rings is 1. The number of anilines is 1. The highest BCUT2D eigenvalue weighted by Gasteiger charge is 2.52. The maximum atomic E-state index is 6.12. The molecule has 21 heavy (non-hydrogen) atoms. The summed E-state index contributed by atoms with van der Waals surface area (Å²) in [7, 11) is 0. The summed E-state index contributed by atoms with van der Waals surface area (Å²) in [4.78, 5) is 5.05. The Morgan fingerprint density at radius 1 is 1.00 bits per heavy atom. The third-order valence-corrected chi connectivity index (χ3v) is 6.12. The Labute approximate surface area is 136 Å². The zero-order valence-corrected chi connectivity index (χ0v) is 13.6. The van der Waals surface area contributed by atoms with Crippen molar-refractivity contribution < 1.29 is 0 Å². The zero-order chi connectivity index (χ0) is 14.4. The fraction of sp³-hybridized carbons (Fsp3) is 0.625. The van der Waals surface area contributed by atoms with Gasteiger partial charge < -0.3 is 10.2 Å². The summed E-state index contributed by atoms with van der Waals surface area (Å²) < 4.78 is 0. The van der Waals surface area contributed by atoms with Crippen LogP contribution in [0.2, 0.25) is 10.0 Å². The topological polar surface area (TPSA) is 18.5 Å². The van der Waals surface area contributed by atoms with Gasteiger partial charge in [0, 0.05) is 38.4 Å². The summed E-state index contributed by atoms with van der Waals surface area (Å²) in [5.41, 5.74) is 1.19. The van der Waals surface area contributed by atoms with Crippen LogP contribution in [0.1, 0.15) is 0 Å². The van der Waals surface area contributed by atoms with Crippen molar-refractivity contribution in [2.24, 2.45) is 17.8 Å². The Hall–Kier alpha value is -0.480. The van der Waals surface area contributed by atoms with Crippen LogP contribution in [0.25, 0.3) is 0 Å². The molecule has 3 nitrogen and oxygen atoms in total. The van der Waals surface area contributed by atoms with Crippen molar-refractivity contribution in [2.45, 2.75) is 0 Å². The Kier molecular flexibility index (Phi) is 3.78. The van der Waals surface area contributed by atoms with Crippen molar-refractivity contribution in [3.8, 4) is 0 Å². The molecule has 2 heterocycles. The normalized spacial score (nSPS) is 32.3. The molecule has 1 N–H and O–H groups in total. The summed E-state index contributed by atoms with van der Waals surface area (Å²) in [6.07, 6.45) is 0. The van der Waals surface area contributed by atoms with Crippen LogP contribution in [0, 0.1) is 17.8 Å². The molecule has 1 saturated carbocycles. The van der Waals surface area contributed by atoms with Gasteiger partial charge in [0.05, 0.1) is 10.0 Å². The SMILES string of the molecule is Clc1ccc(N2CCN(CC3[C@H]4CNC[C@@H]34)CC2)cc1Cl. The molecule has 0 spiro atoms. The van der Waals surface area contributed by atoms with Crippen molar-refractivity contribution in [3.63, 3.8) is 0 Å². The van der Waals surface area contributed by atoms with Crippen LogP contribution >= 0.6 is 23.2 Å². The first-order valence-corrected chi connectivity index (χ1v) is 8.61. The molecular formula is C16H21Cl2N3. The lowest BCUT2D eigenvalue weighted by Crippen LogP contribution is -2.47. The minimum absolute atomic E-state index is 0.632. The van der Waals surface area contributed by atoms with Crippen LogP contribution < -0.4 is 10.2 Å². The molecule has 1 aromatic rings. The summed E-state index contributed by atoms with van der Waals surface area (Å²) in [5, 5.41) is 4.76. The molecule has 3 fully saturated rings. The molecule has 1 aromatic carbocycles. The minimum atomic E-state index is 0.632. The highest BCUT2D eigenvalue weighted by Crippen LogP contribution is 2.48. The maximum Gasteiger partial charge on any atom is 0.0612 e. The third kappa shape index (κ3) is 2.77. The lowest BCUT2D eigenvalue weighted by molar-refractivity contribution is 0.237. The molecule has 3 aliphatic rings. The van der Waals surface area contributed by atoms with Gasteiger partial charge in [0.15, 0.2) is 0 Å². The van der Waals surface area contributed by atoms with Gasteiger partial charge in [-0.2, -0.15) is 0 Å². The van der Waals surface area contributed by atoms with E-state index in [0.29, 0.717) is 10.0 Å². The lowest BCUT2D eigenvalue weighted by atomic mass is 10.2. The van der Waals surface area contributed by atoms with E-state index in [2.05, 4.69) is 21.2 Å². The summed E-state index contributed by atoms with van der Waals surface area (Å²) in [6, 6.07) is 5.95. The third-order valence-electron chi connectivity index (χ3n) is 5.38. The highest BCUT2D eigenvalue weighted by molar-refractivity contribution is 6.42. The predicted octanol–water partition coefficient (Wildman–Crippen LogP) is 2.58. The van der Waals surface area contributed by atoms with Crippen molar-refractivity contribution in [3.05, 3.63) is 28.2 Å². The molecule has 0 aromatic heterocycles. The van der Waals surface area contributed by atoms with E-state index < -0.39 is 0 Å². The molecule has 2 saturated heterocycles. The number of nitrogens with zero attached hydrogens (tertiary/aromatic N) is 2. The number of hydrogen-bond acceptors (Lipinski definition) is 3. The quantitative estimate of drug-likeness (QED) is 0.921. The Morgan fingerprint density at radius 2 is 1.71 bits per heavy atom. The maximum absolute atomic E-state index is 6.12. The minimum Gasteiger partial charge on any atom is -0.369 e. The van der Waals surface area contributed by atoms with Crippen molar-refractivity contribution >= 4 is 28.9 Å². The number of fused-ring (bicyclic) bond motifs is 1. The van der Waals surface area contributed by atoms with Crippen molar-refractivity contribution in [1.29, 1.82) is 0 Å². The van der Waals surface area contributed by atoms with Gasteiger partial charge in [-0.15, -0.1) is 0 Å². The number of halogens is 2. The molecule has 0 bridgehead atoms. The molecule has 4 rings (SSSR count). The van der Waals surface area contributed by atoms with Crippen LogP contribution in [-0.2, 0) is 0 Å². The number of piperidine rings is 1. The number of benzene rings is 1. The van der Waals surface area contributed by atoms with Gasteiger partial charge in [0.1, 0.15) is 0 Å². The first-order chi connectivity index (χ1) is 10.2. The van der Waals surface area contributed by atoms with E-state index in [1.807, 2.05) is 12.1 Å². The van der Waals surface area contributed by atoms with Gasteiger partial charge >= 0.3 is 0 Å². The van der Waals surface area contributed by atoms with E-state index in [1.165, 1.54) is 25.3 Å². The largest absolute Gasteiger partial charge is 0.369 e. The van der Waals surface area contributed by atoms with E-state index >= 15 is 0 Å². The van der Waals surface area contributed by atoms with Crippen LogP contribution in [0.4, 0.5) is 5.69 Å². The first-order valence-electron chi connectivity index (χ1n) is 7.85. The van der Waals surface area contributed by atoms with Crippen molar-refractivity contribution in [2.75, 3.05) is 50.7 Å². The second kappa shape index (κ2) is 5.62. The first kappa shape index (κ1) is 14.1. The van der Waals surface area contributed by atoms with E-state index in [-0.39, 0.29) is 0 Å². The van der Waals surface area contributed by atoms with Crippen LogP contribution in [0.15, 0.2) is 18.2 Å².